The second-order valence-corrected chi connectivity index (χ2v) is 12.2. The highest BCUT2D eigenvalue weighted by Crippen LogP contribution is 2.66. The van der Waals surface area contributed by atoms with Crippen LogP contribution in [0, 0.1) is 40.8 Å². The lowest BCUT2D eigenvalue weighted by Crippen LogP contribution is -2.57. The van der Waals surface area contributed by atoms with Crippen molar-refractivity contribution < 1.29 is 36.2 Å². The van der Waals surface area contributed by atoms with Gasteiger partial charge < -0.3 is 5.11 Å². The highest BCUT2D eigenvalue weighted by Gasteiger charge is 2.68. The number of benzene rings is 2. The molecule has 0 amide bonds. The van der Waals surface area contributed by atoms with Crippen molar-refractivity contribution >= 4 is 5.78 Å². The summed E-state index contributed by atoms with van der Waals surface area (Å²) >= 11 is 0. The number of fused-ring (bicyclic) bond motifs is 5. The third-order valence-corrected chi connectivity index (χ3v) is 10.2. The molecule has 2 saturated carbocycles. The second kappa shape index (κ2) is 9.33. The van der Waals surface area contributed by atoms with E-state index in [2.05, 4.69) is 0 Å². The molecule has 40 heavy (non-hydrogen) atoms. The molecule has 6 rings (SSSR count). The van der Waals surface area contributed by atoms with Gasteiger partial charge in [-0.25, -0.2) is 4.39 Å². The molecule has 212 valence electrons. The third kappa shape index (κ3) is 4.16. The van der Waals surface area contributed by atoms with Crippen molar-refractivity contribution in [3.8, 4) is 11.1 Å². The molecular weight excluding hydrogens is 530 g/mol. The standard InChI is InChI=1S/C32H30F6O2/c1-30-16-24(19-4-2-17(3-5-19)18-6-9-21(33)10-7-18)29-23(25(30)12-13-27(30)40)11-8-20-14-22(39)15-26(28(20)29)31(34,35)32(36,37)38/h2-7,9-10,12-14,23-29,40H,8,11,15-16H2,1H3/t23-,24+,25-,26?,27+,28+,29+,30-/m0/s1. The van der Waals surface area contributed by atoms with Crippen LogP contribution >= 0.6 is 0 Å². The lowest BCUT2D eigenvalue weighted by molar-refractivity contribution is -0.311. The fraction of sp³-hybridized carbons (Fsp3) is 0.469. The first-order valence-corrected chi connectivity index (χ1v) is 13.7. The molecule has 2 nitrogen and oxygen atoms in total. The van der Waals surface area contributed by atoms with Crippen molar-refractivity contribution in [3.05, 3.63) is 83.7 Å². The molecule has 0 radical (unpaired) electrons. The number of carbonyl (C=O) groups is 1. The minimum atomic E-state index is -5.77. The fourth-order valence-corrected chi connectivity index (χ4v) is 8.31. The van der Waals surface area contributed by atoms with Crippen LogP contribution < -0.4 is 0 Å². The maximum Gasteiger partial charge on any atom is 0.453 e. The summed E-state index contributed by atoms with van der Waals surface area (Å²) in [6.07, 6.45) is -1.18. The van der Waals surface area contributed by atoms with Gasteiger partial charge in [0.2, 0.25) is 0 Å². The Morgan fingerprint density at radius 3 is 2.17 bits per heavy atom. The van der Waals surface area contributed by atoms with E-state index < -0.39 is 59.5 Å². The molecule has 0 saturated heterocycles. The van der Waals surface area contributed by atoms with E-state index in [1.54, 1.807) is 18.2 Å². The van der Waals surface area contributed by atoms with E-state index in [4.69, 9.17) is 0 Å². The average molecular weight is 561 g/mol. The Hall–Kier alpha value is -2.87. The minimum absolute atomic E-state index is 0.165. The summed E-state index contributed by atoms with van der Waals surface area (Å²) < 4.78 is 85.0. The van der Waals surface area contributed by atoms with E-state index in [0.717, 1.165) is 16.7 Å². The van der Waals surface area contributed by atoms with Crippen LogP contribution in [0.3, 0.4) is 0 Å². The van der Waals surface area contributed by atoms with Gasteiger partial charge in [0.25, 0.3) is 0 Å². The van der Waals surface area contributed by atoms with E-state index in [1.165, 1.54) is 18.2 Å². The summed E-state index contributed by atoms with van der Waals surface area (Å²) in [4.78, 5) is 12.4. The predicted molar refractivity (Wildman–Crippen MR) is 138 cm³/mol. The molecule has 0 bridgehead atoms. The molecule has 2 aromatic rings. The Balaban J connectivity index is 1.46. The van der Waals surface area contributed by atoms with Gasteiger partial charge in [-0.15, -0.1) is 0 Å². The highest BCUT2D eigenvalue weighted by molar-refractivity contribution is 5.91. The van der Waals surface area contributed by atoms with Gasteiger partial charge in [-0.1, -0.05) is 61.0 Å². The normalized spacial score (nSPS) is 35.5. The number of rotatable bonds is 3. The molecule has 1 N–H and O–H groups in total. The summed E-state index contributed by atoms with van der Waals surface area (Å²) in [6.45, 7) is 1.97. The summed E-state index contributed by atoms with van der Waals surface area (Å²) in [7, 11) is 0. The lowest BCUT2D eigenvalue weighted by atomic mass is 9.46. The van der Waals surface area contributed by atoms with Gasteiger partial charge in [0.15, 0.2) is 5.78 Å². The zero-order valence-corrected chi connectivity index (χ0v) is 21.8. The van der Waals surface area contributed by atoms with Crippen molar-refractivity contribution in [1.29, 1.82) is 0 Å². The fourth-order valence-electron chi connectivity index (χ4n) is 8.31. The summed E-state index contributed by atoms with van der Waals surface area (Å²) in [5.41, 5.74) is 2.21. The van der Waals surface area contributed by atoms with Gasteiger partial charge in [-0.3, -0.25) is 4.79 Å². The van der Waals surface area contributed by atoms with Gasteiger partial charge in [0, 0.05) is 17.8 Å². The molecule has 0 aliphatic heterocycles. The molecule has 0 spiro atoms. The first kappa shape index (κ1) is 27.3. The Labute approximate surface area is 228 Å². The van der Waals surface area contributed by atoms with Crippen LogP contribution in [0.5, 0.6) is 0 Å². The van der Waals surface area contributed by atoms with Gasteiger partial charge in [0.1, 0.15) is 5.82 Å². The van der Waals surface area contributed by atoms with Crippen LogP contribution in [0.4, 0.5) is 26.3 Å². The maximum atomic E-state index is 15.1. The summed E-state index contributed by atoms with van der Waals surface area (Å²) in [5, 5.41) is 11.0. The SMILES string of the molecule is C[C@]12C[C@H](c3ccc(-c4ccc(F)cc4)cc3)[C@H]3[C@@H](CCC4=CC(=O)CC(C(F)(F)C(F)(F)F)[C@@H]43)[C@@H]1C=C[C@H]2O. The van der Waals surface area contributed by atoms with Crippen LogP contribution in [-0.4, -0.2) is 29.1 Å². The molecule has 4 aliphatic rings. The number of carbonyl (C=O) groups excluding carboxylic acids is 1. The number of hydrogen-bond donors (Lipinski definition) is 1. The maximum absolute atomic E-state index is 15.1. The third-order valence-electron chi connectivity index (χ3n) is 10.2. The number of aliphatic hydroxyl groups is 1. The molecule has 2 fully saturated rings. The molecule has 4 aliphatic carbocycles. The number of halogens is 6. The topological polar surface area (TPSA) is 37.3 Å². The molecule has 8 atom stereocenters. The van der Waals surface area contributed by atoms with Crippen LogP contribution in [-0.2, 0) is 4.79 Å². The van der Waals surface area contributed by atoms with E-state index >= 15 is 8.78 Å². The van der Waals surface area contributed by atoms with Gasteiger partial charge in [-0.05, 0) is 83.8 Å². The van der Waals surface area contributed by atoms with E-state index in [-0.39, 0.29) is 24.1 Å². The molecular formula is C32H30F6O2. The number of ketones is 1. The molecule has 8 heteroatoms. The molecule has 1 unspecified atom stereocenters. The zero-order chi connectivity index (χ0) is 28.6. The Morgan fingerprint density at radius 2 is 1.55 bits per heavy atom. The minimum Gasteiger partial charge on any atom is -0.388 e. The summed E-state index contributed by atoms with van der Waals surface area (Å²) in [5.74, 6) is -10.7. The number of aliphatic hydroxyl groups excluding tert-OH is 1. The van der Waals surface area contributed by atoms with E-state index in [1.807, 2.05) is 37.3 Å². The average Bonchev–Trinajstić information content (AvgIpc) is 3.21. The molecule has 0 heterocycles. The largest absolute Gasteiger partial charge is 0.453 e. The van der Waals surface area contributed by atoms with Crippen molar-refractivity contribution in [1.82, 2.24) is 0 Å². The second-order valence-electron chi connectivity index (χ2n) is 12.2. The Morgan fingerprint density at radius 1 is 0.925 bits per heavy atom. The van der Waals surface area contributed by atoms with Gasteiger partial charge in [0.05, 0.1) is 6.10 Å². The zero-order valence-electron chi connectivity index (χ0n) is 21.8. The highest BCUT2D eigenvalue weighted by atomic mass is 19.4. The summed E-state index contributed by atoms with van der Waals surface area (Å²) in [6, 6.07) is 13.4. The first-order valence-electron chi connectivity index (χ1n) is 13.7. The van der Waals surface area contributed by atoms with Crippen LogP contribution in [0.2, 0.25) is 0 Å². The van der Waals surface area contributed by atoms with E-state index in [9.17, 15) is 27.5 Å². The number of hydrogen-bond acceptors (Lipinski definition) is 2. The Kier molecular flexibility index (Phi) is 6.37. The van der Waals surface area contributed by atoms with Gasteiger partial charge >= 0.3 is 12.1 Å². The molecule has 2 aromatic carbocycles. The predicted octanol–water partition coefficient (Wildman–Crippen LogP) is 7.89. The van der Waals surface area contributed by atoms with Crippen molar-refractivity contribution in [2.24, 2.45) is 35.0 Å². The quantitative estimate of drug-likeness (QED) is 0.306. The van der Waals surface area contributed by atoms with E-state index in [0.29, 0.717) is 18.4 Å². The van der Waals surface area contributed by atoms with Crippen molar-refractivity contribution in [2.45, 2.75) is 56.7 Å². The number of alkyl halides is 5. The number of allylic oxidation sites excluding steroid dienone is 3. The Bertz CT molecular complexity index is 1360. The van der Waals surface area contributed by atoms with Gasteiger partial charge in [-0.2, -0.15) is 22.0 Å². The van der Waals surface area contributed by atoms with Crippen LogP contribution in [0.1, 0.15) is 44.1 Å². The first-order chi connectivity index (χ1) is 18.8. The van der Waals surface area contributed by atoms with Crippen LogP contribution in [0.15, 0.2) is 72.3 Å². The van der Waals surface area contributed by atoms with Crippen LogP contribution in [0.25, 0.3) is 11.1 Å². The monoisotopic (exact) mass is 560 g/mol. The lowest BCUT2D eigenvalue weighted by Gasteiger charge is -2.58. The molecule has 0 aromatic heterocycles. The van der Waals surface area contributed by atoms with Crippen molar-refractivity contribution in [3.63, 3.8) is 0 Å². The van der Waals surface area contributed by atoms with Crippen molar-refractivity contribution in [2.75, 3.05) is 0 Å². The smallest absolute Gasteiger partial charge is 0.388 e.